The molecule has 1 heterocycles. The van der Waals surface area contributed by atoms with Gasteiger partial charge in [0.2, 0.25) is 10.0 Å². The molecule has 0 amide bonds. The van der Waals surface area contributed by atoms with Crippen molar-refractivity contribution in [3.05, 3.63) is 68.7 Å². The third kappa shape index (κ3) is 4.30. The molecule has 2 aromatic rings. The number of halogens is 1. The van der Waals surface area contributed by atoms with E-state index in [2.05, 4.69) is 24.0 Å². The Morgan fingerprint density at radius 2 is 1.78 bits per heavy atom. The van der Waals surface area contributed by atoms with Gasteiger partial charge in [-0.2, -0.15) is 4.31 Å². The van der Waals surface area contributed by atoms with E-state index in [1.165, 1.54) is 27.6 Å². The maximum Gasteiger partial charge on any atom is 0.289 e. The summed E-state index contributed by atoms with van der Waals surface area (Å²) in [7, 11) is -3.80. The fourth-order valence-corrected chi connectivity index (χ4v) is 4.73. The van der Waals surface area contributed by atoms with Crippen molar-refractivity contribution in [2.75, 3.05) is 26.2 Å². The number of nitro groups is 1. The summed E-state index contributed by atoms with van der Waals surface area (Å²) in [5.41, 5.74) is 2.03. The lowest BCUT2D eigenvalue weighted by atomic mass is 10.1. The quantitative estimate of drug-likeness (QED) is 0.559. The standard InChI is InChI=1S/C18H20ClN3O4S/c1-14-4-2-3-5-15(14)13-20-8-10-21(11-9-20)27(25,26)16-6-7-17(19)18(12-16)22(23)24/h2-7,12H,8-11,13H2,1H3. The van der Waals surface area contributed by atoms with Gasteiger partial charge in [-0.25, -0.2) is 8.42 Å². The van der Waals surface area contributed by atoms with Gasteiger partial charge in [-0.3, -0.25) is 15.0 Å². The molecule has 0 unspecified atom stereocenters. The zero-order valence-electron chi connectivity index (χ0n) is 14.8. The van der Waals surface area contributed by atoms with Gasteiger partial charge in [-0.05, 0) is 30.2 Å². The fourth-order valence-electron chi connectivity index (χ4n) is 3.10. The molecule has 0 atom stereocenters. The summed E-state index contributed by atoms with van der Waals surface area (Å²) in [6, 6.07) is 11.7. The topological polar surface area (TPSA) is 83.8 Å². The minimum Gasteiger partial charge on any atom is -0.296 e. The lowest BCUT2D eigenvalue weighted by Crippen LogP contribution is -2.48. The van der Waals surface area contributed by atoms with Crippen molar-refractivity contribution in [1.82, 2.24) is 9.21 Å². The first kappa shape index (κ1) is 19.8. The van der Waals surface area contributed by atoms with Crippen LogP contribution in [0.3, 0.4) is 0 Å². The van der Waals surface area contributed by atoms with Gasteiger partial charge in [-0.15, -0.1) is 0 Å². The van der Waals surface area contributed by atoms with Crippen molar-refractivity contribution >= 4 is 27.3 Å². The van der Waals surface area contributed by atoms with Crippen LogP contribution in [0, 0.1) is 17.0 Å². The zero-order valence-corrected chi connectivity index (χ0v) is 16.4. The van der Waals surface area contributed by atoms with Crippen LogP contribution in [0.25, 0.3) is 0 Å². The first-order valence-corrected chi connectivity index (χ1v) is 10.3. The van der Waals surface area contributed by atoms with Crippen LogP contribution in [0.2, 0.25) is 5.02 Å². The normalized spacial score (nSPS) is 16.4. The van der Waals surface area contributed by atoms with Crippen molar-refractivity contribution in [2.45, 2.75) is 18.4 Å². The van der Waals surface area contributed by atoms with Crippen molar-refractivity contribution in [3.63, 3.8) is 0 Å². The van der Waals surface area contributed by atoms with Gasteiger partial charge in [0.1, 0.15) is 5.02 Å². The van der Waals surface area contributed by atoms with Crippen LogP contribution in [0.1, 0.15) is 11.1 Å². The first-order chi connectivity index (χ1) is 12.8. The van der Waals surface area contributed by atoms with Crippen LogP contribution in [-0.4, -0.2) is 48.7 Å². The third-order valence-electron chi connectivity index (χ3n) is 4.74. The number of aryl methyl sites for hydroxylation is 1. The number of benzene rings is 2. The summed E-state index contributed by atoms with van der Waals surface area (Å²) in [6.45, 7) is 4.71. The van der Waals surface area contributed by atoms with E-state index in [0.29, 0.717) is 26.2 Å². The molecule has 1 aliphatic heterocycles. The molecule has 0 spiro atoms. The number of piperazine rings is 1. The van der Waals surface area contributed by atoms with Crippen LogP contribution in [0.5, 0.6) is 0 Å². The molecule has 3 rings (SSSR count). The summed E-state index contributed by atoms with van der Waals surface area (Å²) < 4.78 is 27.0. The summed E-state index contributed by atoms with van der Waals surface area (Å²) in [5, 5.41) is 10.9. The average molecular weight is 410 g/mol. The second kappa shape index (κ2) is 7.93. The van der Waals surface area contributed by atoms with Gasteiger partial charge in [0.05, 0.1) is 9.82 Å². The van der Waals surface area contributed by atoms with Gasteiger partial charge in [0, 0.05) is 38.8 Å². The zero-order chi connectivity index (χ0) is 19.6. The molecule has 1 aliphatic rings. The molecule has 144 valence electrons. The minimum absolute atomic E-state index is 0.0815. The van der Waals surface area contributed by atoms with E-state index in [1.807, 2.05) is 12.1 Å². The van der Waals surface area contributed by atoms with Crippen LogP contribution in [0.15, 0.2) is 47.4 Å². The molecule has 1 fully saturated rings. The van der Waals surface area contributed by atoms with E-state index >= 15 is 0 Å². The maximum absolute atomic E-state index is 12.8. The Morgan fingerprint density at radius 3 is 2.41 bits per heavy atom. The predicted octanol–water partition coefficient (Wildman–Crippen LogP) is 3.06. The van der Waals surface area contributed by atoms with Gasteiger partial charge in [-0.1, -0.05) is 35.9 Å². The number of rotatable bonds is 5. The number of hydrogen-bond donors (Lipinski definition) is 0. The highest BCUT2D eigenvalue weighted by Gasteiger charge is 2.30. The van der Waals surface area contributed by atoms with Gasteiger partial charge >= 0.3 is 0 Å². The molecule has 9 heteroatoms. The summed E-state index contributed by atoms with van der Waals surface area (Å²) in [5.74, 6) is 0. The monoisotopic (exact) mass is 409 g/mol. The van der Waals surface area contributed by atoms with E-state index in [0.717, 1.165) is 12.6 Å². The third-order valence-corrected chi connectivity index (χ3v) is 6.95. The highest BCUT2D eigenvalue weighted by molar-refractivity contribution is 7.89. The molecule has 0 N–H and O–H groups in total. The molecule has 0 aliphatic carbocycles. The molecule has 1 saturated heterocycles. The Bertz CT molecular complexity index is 957. The highest BCUT2D eigenvalue weighted by atomic mass is 35.5. The average Bonchev–Trinajstić information content (AvgIpc) is 2.64. The van der Waals surface area contributed by atoms with Crippen LogP contribution < -0.4 is 0 Å². The first-order valence-electron chi connectivity index (χ1n) is 8.50. The van der Waals surface area contributed by atoms with E-state index in [1.54, 1.807) is 0 Å². The van der Waals surface area contributed by atoms with E-state index in [-0.39, 0.29) is 9.92 Å². The van der Waals surface area contributed by atoms with Crippen molar-refractivity contribution in [2.24, 2.45) is 0 Å². The number of sulfonamides is 1. The predicted molar refractivity (Wildman–Crippen MR) is 103 cm³/mol. The van der Waals surface area contributed by atoms with Crippen molar-refractivity contribution in [1.29, 1.82) is 0 Å². The van der Waals surface area contributed by atoms with E-state index < -0.39 is 20.6 Å². The Kier molecular flexibility index (Phi) is 5.81. The molecular formula is C18H20ClN3O4S. The minimum atomic E-state index is -3.80. The second-order valence-corrected chi connectivity index (χ2v) is 8.82. The maximum atomic E-state index is 12.8. The van der Waals surface area contributed by atoms with Gasteiger partial charge in [0.15, 0.2) is 0 Å². The van der Waals surface area contributed by atoms with Gasteiger partial charge < -0.3 is 0 Å². The Balaban J connectivity index is 1.71. The molecular weight excluding hydrogens is 390 g/mol. The van der Waals surface area contributed by atoms with Gasteiger partial charge in [0.25, 0.3) is 5.69 Å². The van der Waals surface area contributed by atoms with Crippen molar-refractivity contribution < 1.29 is 13.3 Å². The highest BCUT2D eigenvalue weighted by Crippen LogP contribution is 2.29. The molecule has 0 bridgehead atoms. The summed E-state index contributed by atoms with van der Waals surface area (Å²) >= 11 is 5.78. The van der Waals surface area contributed by atoms with Crippen LogP contribution in [-0.2, 0) is 16.6 Å². The number of nitro benzene ring substituents is 1. The molecule has 7 nitrogen and oxygen atoms in total. The second-order valence-electron chi connectivity index (χ2n) is 6.48. The largest absolute Gasteiger partial charge is 0.296 e. The SMILES string of the molecule is Cc1ccccc1CN1CCN(S(=O)(=O)c2ccc(Cl)c([N+](=O)[O-])c2)CC1. The summed E-state index contributed by atoms with van der Waals surface area (Å²) in [6.07, 6.45) is 0. The van der Waals surface area contributed by atoms with E-state index in [4.69, 9.17) is 11.6 Å². The fraction of sp³-hybridized carbons (Fsp3) is 0.333. The van der Waals surface area contributed by atoms with Crippen molar-refractivity contribution in [3.8, 4) is 0 Å². The van der Waals surface area contributed by atoms with Crippen LogP contribution in [0.4, 0.5) is 5.69 Å². The molecule has 0 radical (unpaired) electrons. The number of hydrogen-bond acceptors (Lipinski definition) is 5. The lowest BCUT2D eigenvalue weighted by molar-refractivity contribution is -0.384. The lowest BCUT2D eigenvalue weighted by Gasteiger charge is -2.34. The van der Waals surface area contributed by atoms with E-state index in [9.17, 15) is 18.5 Å². The Hall–Kier alpha value is -2.00. The molecule has 0 aromatic heterocycles. The summed E-state index contributed by atoms with van der Waals surface area (Å²) in [4.78, 5) is 12.4. The smallest absolute Gasteiger partial charge is 0.289 e. The van der Waals surface area contributed by atoms with Crippen LogP contribution >= 0.6 is 11.6 Å². The number of nitrogens with zero attached hydrogens (tertiary/aromatic N) is 3. The molecule has 0 saturated carbocycles. The molecule has 27 heavy (non-hydrogen) atoms. The molecule has 2 aromatic carbocycles. The Morgan fingerprint density at radius 1 is 1.11 bits per heavy atom. The Labute approximate surface area is 163 Å².